The van der Waals surface area contributed by atoms with E-state index in [1.165, 1.54) is 16.8 Å². The molecule has 1 atom stereocenters. The van der Waals surface area contributed by atoms with Crippen LogP contribution >= 0.6 is 35.5 Å². The zero-order valence-corrected chi connectivity index (χ0v) is 9.96. The average Bonchev–Trinajstić information content (AvgIpc) is 2.58. The second-order valence-corrected chi connectivity index (χ2v) is 5.73. The van der Waals surface area contributed by atoms with Crippen molar-refractivity contribution in [1.82, 2.24) is 0 Å². The van der Waals surface area contributed by atoms with E-state index in [1.54, 1.807) is 23.5 Å². The highest BCUT2D eigenvalue weighted by atomic mass is 32.2. The van der Waals surface area contributed by atoms with E-state index in [1.807, 2.05) is 12.1 Å². The van der Waals surface area contributed by atoms with Gasteiger partial charge in [0.1, 0.15) is 4.71 Å². The van der Waals surface area contributed by atoms with Crippen LogP contribution in [-0.4, -0.2) is 11.0 Å². The number of anilines is 1. The Labute approximate surface area is 96.2 Å². The summed E-state index contributed by atoms with van der Waals surface area (Å²) in [4.78, 5) is 1.26. The van der Waals surface area contributed by atoms with Crippen molar-refractivity contribution < 1.29 is 0 Å². The molecule has 0 saturated carbocycles. The first-order chi connectivity index (χ1) is 6.86. The minimum Gasteiger partial charge on any atom is -0.280 e. The highest BCUT2D eigenvalue weighted by Crippen LogP contribution is 2.49. The van der Waals surface area contributed by atoms with Crippen LogP contribution in [0, 0.1) is 10.7 Å². The molecule has 0 aromatic heterocycles. The third-order valence-corrected chi connectivity index (χ3v) is 5.31. The Hall–Kier alpha value is -0.440. The van der Waals surface area contributed by atoms with Gasteiger partial charge >= 0.3 is 0 Å². The van der Waals surface area contributed by atoms with Crippen molar-refractivity contribution in [3.8, 4) is 5.40 Å². The van der Waals surface area contributed by atoms with Crippen LogP contribution in [0.25, 0.3) is 0 Å². The number of rotatable bonds is 2. The van der Waals surface area contributed by atoms with Gasteiger partial charge in [0.15, 0.2) is 5.40 Å². The zero-order chi connectivity index (χ0) is 9.97. The highest BCUT2D eigenvalue weighted by molar-refractivity contribution is 8.19. The number of thiocyanates is 1. The molecule has 1 heterocycles. The number of nitrogens with zero attached hydrogens (tertiary/aromatic N) is 2. The third-order valence-electron chi connectivity index (χ3n) is 1.86. The molecule has 0 radical (unpaired) electrons. The molecule has 14 heavy (non-hydrogen) atoms. The minimum absolute atomic E-state index is 0.317. The summed E-state index contributed by atoms with van der Waals surface area (Å²) in [7, 11) is 0. The number of fused-ring (bicyclic) bond motifs is 1. The predicted octanol–water partition coefficient (Wildman–Crippen LogP) is 3.37. The molecule has 0 amide bonds. The van der Waals surface area contributed by atoms with Crippen molar-refractivity contribution in [2.75, 3.05) is 10.6 Å². The quantitative estimate of drug-likeness (QED) is 0.583. The summed E-state index contributed by atoms with van der Waals surface area (Å²) in [6, 6.07) is 8.20. The van der Waals surface area contributed by atoms with E-state index in [0.29, 0.717) is 4.71 Å². The van der Waals surface area contributed by atoms with Gasteiger partial charge in [0, 0.05) is 4.90 Å². The summed E-state index contributed by atoms with van der Waals surface area (Å²) in [6.45, 7) is 0. The second kappa shape index (κ2) is 4.39. The molecule has 0 saturated heterocycles. The summed E-state index contributed by atoms with van der Waals surface area (Å²) in [6.07, 6.45) is 2.06. The molecular formula is C9H8N2S3. The lowest BCUT2D eigenvalue weighted by molar-refractivity contribution is 1.26. The first-order valence-corrected chi connectivity index (χ1v) is 6.94. The standard InChI is InChI=1S/C9H8N2S3/c1-12-9-11(13-6-10)7-4-2-3-5-8(7)14-9/h2-5,9H,1H3. The number of hydrogen-bond donors (Lipinski definition) is 0. The number of para-hydroxylation sites is 1. The number of benzene rings is 1. The molecule has 2 rings (SSSR count). The molecule has 1 aromatic carbocycles. The maximum atomic E-state index is 8.72. The molecule has 1 aliphatic heterocycles. The largest absolute Gasteiger partial charge is 0.280 e. The Morgan fingerprint density at radius 2 is 2.29 bits per heavy atom. The van der Waals surface area contributed by atoms with Gasteiger partial charge in [0.05, 0.1) is 17.6 Å². The molecule has 0 fully saturated rings. The Morgan fingerprint density at radius 3 is 3.00 bits per heavy atom. The molecule has 0 bridgehead atoms. The van der Waals surface area contributed by atoms with Crippen LogP contribution in [0.15, 0.2) is 29.2 Å². The van der Waals surface area contributed by atoms with Gasteiger partial charge in [-0.2, -0.15) is 5.26 Å². The zero-order valence-electron chi connectivity index (χ0n) is 7.51. The molecule has 0 N–H and O–H groups in total. The SMILES string of the molecule is CSC1Sc2ccccc2N1SC#N. The summed E-state index contributed by atoms with van der Waals surface area (Å²) >= 11 is 4.77. The molecule has 2 nitrogen and oxygen atoms in total. The molecule has 72 valence electrons. The summed E-state index contributed by atoms with van der Waals surface area (Å²) in [5.41, 5.74) is 1.16. The smallest absolute Gasteiger partial charge is 0.156 e. The lowest BCUT2D eigenvalue weighted by Gasteiger charge is -2.19. The van der Waals surface area contributed by atoms with Gasteiger partial charge in [-0.15, -0.1) is 11.8 Å². The van der Waals surface area contributed by atoms with Crippen LogP contribution in [-0.2, 0) is 0 Å². The Bertz CT molecular complexity index is 375. The van der Waals surface area contributed by atoms with E-state index in [-0.39, 0.29) is 0 Å². The van der Waals surface area contributed by atoms with Crippen LogP contribution in [0.1, 0.15) is 0 Å². The van der Waals surface area contributed by atoms with Gasteiger partial charge in [-0.3, -0.25) is 4.31 Å². The van der Waals surface area contributed by atoms with Crippen molar-refractivity contribution in [2.24, 2.45) is 0 Å². The summed E-state index contributed by atoms with van der Waals surface area (Å²) in [5.74, 6) is 0. The molecular weight excluding hydrogens is 232 g/mol. The molecule has 1 aliphatic rings. The molecule has 0 spiro atoms. The van der Waals surface area contributed by atoms with Gasteiger partial charge in [0.25, 0.3) is 0 Å². The van der Waals surface area contributed by atoms with Crippen LogP contribution in [0.3, 0.4) is 0 Å². The average molecular weight is 240 g/mol. The maximum Gasteiger partial charge on any atom is 0.156 e. The Kier molecular flexibility index (Phi) is 3.16. The Balaban J connectivity index is 2.33. The number of nitriles is 1. The van der Waals surface area contributed by atoms with Crippen LogP contribution < -0.4 is 4.31 Å². The van der Waals surface area contributed by atoms with Crippen molar-refractivity contribution in [3.63, 3.8) is 0 Å². The topological polar surface area (TPSA) is 27.0 Å². The third kappa shape index (κ3) is 1.70. The fourth-order valence-corrected chi connectivity index (χ4v) is 4.30. The monoisotopic (exact) mass is 240 g/mol. The predicted molar refractivity (Wildman–Crippen MR) is 65.3 cm³/mol. The molecule has 5 heteroatoms. The maximum absolute atomic E-state index is 8.72. The van der Waals surface area contributed by atoms with E-state index in [9.17, 15) is 0 Å². The first kappa shape index (κ1) is 10.1. The normalized spacial score (nSPS) is 19.1. The van der Waals surface area contributed by atoms with Gasteiger partial charge < -0.3 is 0 Å². The fraction of sp³-hybridized carbons (Fsp3) is 0.222. The van der Waals surface area contributed by atoms with E-state index in [4.69, 9.17) is 5.26 Å². The second-order valence-electron chi connectivity index (χ2n) is 2.64. The number of hydrogen-bond acceptors (Lipinski definition) is 5. The van der Waals surface area contributed by atoms with Crippen molar-refractivity contribution in [2.45, 2.75) is 9.60 Å². The van der Waals surface area contributed by atoms with E-state index in [2.05, 4.69) is 28.1 Å². The van der Waals surface area contributed by atoms with Crippen molar-refractivity contribution in [1.29, 1.82) is 5.26 Å². The van der Waals surface area contributed by atoms with E-state index in [0.717, 1.165) is 5.69 Å². The van der Waals surface area contributed by atoms with E-state index >= 15 is 0 Å². The van der Waals surface area contributed by atoms with Crippen LogP contribution in [0.2, 0.25) is 0 Å². The fourth-order valence-electron chi connectivity index (χ4n) is 1.29. The van der Waals surface area contributed by atoms with Gasteiger partial charge in [-0.1, -0.05) is 23.9 Å². The Morgan fingerprint density at radius 1 is 1.50 bits per heavy atom. The van der Waals surface area contributed by atoms with Crippen molar-refractivity contribution in [3.05, 3.63) is 24.3 Å². The molecule has 1 unspecified atom stereocenters. The van der Waals surface area contributed by atoms with Gasteiger partial charge in [-0.25, -0.2) is 0 Å². The number of thioether (sulfide) groups is 2. The lowest BCUT2D eigenvalue weighted by atomic mass is 10.3. The summed E-state index contributed by atoms with van der Waals surface area (Å²) < 4.78 is 2.38. The van der Waals surface area contributed by atoms with Crippen molar-refractivity contribution >= 4 is 41.2 Å². The lowest BCUT2D eigenvalue weighted by Crippen LogP contribution is -2.17. The van der Waals surface area contributed by atoms with Gasteiger partial charge in [-0.05, 0) is 18.4 Å². The first-order valence-electron chi connectivity index (χ1n) is 4.00. The minimum atomic E-state index is 0.317. The van der Waals surface area contributed by atoms with Crippen LogP contribution in [0.4, 0.5) is 5.69 Å². The summed E-state index contributed by atoms with van der Waals surface area (Å²) in [5, 5.41) is 10.8. The molecule has 1 aromatic rings. The van der Waals surface area contributed by atoms with Crippen LogP contribution in [0.5, 0.6) is 0 Å². The highest BCUT2D eigenvalue weighted by Gasteiger charge is 2.29. The molecule has 0 aliphatic carbocycles. The van der Waals surface area contributed by atoms with E-state index < -0.39 is 0 Å². The van der Waals surface area contributed by atoms with Gasteiger partial charge in [0.2, 0.25) is 0 Å².